The maximum atomic E-state index is 10.9. The Morgan fingerprint density at radius 3 is 3.43 bits per heavy atom. The molecule has 1 atom stereocenters. The molecule has 0 aromatic carbocycles. The molecule has 2 aromatic heterocycles. The first kappa shape index (κ1) is 7.81. The van der Waals surface area contributed by atoms with Crippen molar-refractivity contribution in [3.63, 3.8) is 0 Å². The molecule has 0 bridgehead atoms. The normalized spacial score (nSPS) is 21.1. The van der Waals surface area contributed by atoms with Crippen LogP contribution < -0.4 is 5.32 Å². The smallest absolute Gasteiger partial charge is 0.407 e. The number of carbonyl (C=O) groups excluding carboxylic acids is 1. The van der Waals surface area contributed by atoms with Crippen LogP contribution in [0.25, 0.3) is 4.83 Å². The number of amides is 1. The van der Waals surface area contributed by atoms with Crippen LogP contribution in [0.1, 0.15) is 11.9 Å². The summed E-state index contributed by atoms with van der Waals surface area (Å²) in [6, 6.07) is -0.125. The summed E-state index contributed by atoms with van der Waals surface area (Å²) >= 11 is 1.61. The highest BCUT2D eigenvalue weighted by atomic mass is 32.1. The third-order valence-corrected chi connectivity index (χ3v) is 2.98. The van der Waals surface area contributed by atoms with Gasteiger partial charge in [0, 0.05) is 11.6 Å². The lowest BCUT2D eigenvalue weighted by molar-refractivity contribution is 0.176. The molecule has 0 spiro atoms. The fourth-order valence-electron chi connectivity index (χ4n) is 1.54. The molecule has 0 aliphatic carbocycles. The molecule has 5 nitrogen and oxygen atoms in total. The van der Waals surface area contributed by atoms with Crippen molar-refractivity contribution in [3.05, 3.63) is 23.6 Å². The molecule has 1 unspecified atom stereocenters. The molecule has 3 heterocycles. The van der Waals surface area contributed by atoms with E-state index in [1.54, 1.807) is 17.5 Å². The number of cyclic esters (lactones) is 1. The van der Waals surface area contributed by atoms with Gasteiger partial charge in [-0.2, -0.15) is 0 Å². The molecule has 1 amide bonds. The van der Waals surface area contributed by atoms with Gasteiger partial charge in [-0.05, 0) is 0 Å². The maximum Gasteiger partial charge on any atom is 0.407 e. The van der Waals surface area contributed by atoms with Crippen molar-refractivity contribution in [2.75, 3.05) is 6.61 Å². The van der Waals surface area contributed by atoms with Gasteiger partial charge in [0.05, 0.1) is 6.20 Å². The molecule has 14 heavy (non-hydrogen) atoms. The summed E-state index contributed by atoms with van der Waals surface area (Å²) in [6.45, 7) is 0.355. The number of thiazole rings is 1. The van der Waals surface area contributed by atoms with Gasteiger partial charge in [0.15, 0.2) is 0 Å². The molecule has 1 N–H and O–H groups in total. The Kier molecular flexibility index (Phi) is 1.51. The van der Waals surface area contributed by atoms with Crippen molar-refractivity contribution in [3.8, 4) is 0 Å². The van der Waals surface area contributed by atoms with Gasteiger partial charge in [-0.15, -0.1) is 11.3 Å². The van der Waals surface area contributed by atoms with E-state index >= 15 is 0 Å². The van der Waals surface area contributed by atoms with Crippen LogP contribution in [0.2, 0.25) is 0 Å². The first-order chi connectivity index (χ1) is 6.84. The van der Waals surface area contributed by atoms with Crippen molar-refractivity contribution in [2.24, 2.45) is 0 Å². The summed E-state index contributed by atoms with van der Waals surface area (Å²) < 4.78 is 6.78. The predicted octanol–water partition coefficient (Wildman–Crippen LogP) is 1.18. The lowest BCUT2D eigenvalue weighted by Crippen LogP contribution is -2.20. The number of rotatable bonds is 1. The SMILES string of the molecule is O=C1NC(c2ncc3sccn23)CO1. The van der Waals surface area contributed by atoms with Crippen LogP contribution >= 0.6 is 11.3 Å². The van der Waals surface area contributed by atoms with E-state index < -0.39 is 0 Å². The van der Waals surface area contributed by atoms with Gasteiger partial charge in [0.1, 0.15) is 23.3 Å². The van der Waals surface area contributed by atoms with Gasteiger partial charge in [0.2, 0.25) is 0 Å². The van der Waals surface area contributed by atoms with Crippen LogP contribution in [0, 0.1) is 0 Å². The Hall–Kier alpha value is -1.56. The molecule has 2 aromatic rings. The molecular formula is C8H7N3O2S. The van der Waals surface area contributed by atoms with Crippen molar-refractivity contribution in [2.45, 2.75) is 6.04 Å². The summed E-state index contributed by atoms with van der Waals surface area (Å²) in [6.07, 6.45) is 3.36. The summed E-state index contributed by atoms with van der Waals surface area (Å²) in [4.78, 5) is 16.2. The van der Waals surface area contributed by atoms with Crippen molar-refractivity contribution in [1.29, 1.82) is 0 Å². The fraction of sp³-hybridized carbons (Fsp3) is 0.250. The third kappa shape index (κ3) is 1.00. The Morgan fingerprint density at radius 1 is 1.71 bits per heavy atom. The van der Waals surface area contributed by atoms with Gasteiger partial charge < -0.3 is 10.1 Å². The number of ether oxygens (including phenoxy) is 1. The second-order valence-electron chi connectivity index (χ2n) is 3.02. The monoisotopic (exact) mass is 209 g/mol. The molecular weight excluding hydrogens is 202 g/mol. The molecule has 72 valence electrons. The van der Waals surface area contributed by atoms with E-state index in [4.69, 9.17) is 4.74 Å². The number of carbonyl (C=O) groups is 1. The highest BCUT2D eigenvalue weighted by Crippen LogP contribution is 2.21. The largest absolute Gasteiger partial charge is 0.447 e. The van der Waals surface area contributed by atoms with E-state index in [0.29, 0.717) is 6.61 Å². The Morgan fingerprint density at radius 2 is 2.64 bits per heavy atom. The molecule has 1 aliphatic heterocycles. The fourth-order valence-corrected chi connectivity index (χ4v) is 2.24. The molecule has 1 aliphatic rings. The molecule has 6 heteroatoms. The van der Waals surface area contributed by atoms with Crippen LogP contribution in [0.15, 0.2) is 17.8 Å². The molecule has 1 saturated heterocycles. The average molecular weight is 209 g/mol. The number of fused-ring (bicyclic) bond motifs is 1. The van der Waals surface area contributed by atoms with E-state index in [0.717, 1.165) is 10.7 Å². The lowest BCUT2D eigenvalue weighted by atomic mass is 10.3. The average Bonchev–Trinajstić information content (AvgIpc) is 2.77. The zero-order valence-electron chi connectivity index (χ0n) is 7.14. The van der Waals surface area contributed by atoms with E-state index in [9.17, 15) is 4.79 Å². The summed E-state index contributed by atoms with van der Waals surface area (Å²) in [7, 11) is 0. The van der Waals surface area contributed by atoms with Crippen LogP contribution in [0.5, 0.6) is 0 Å². The zero-order valence-corrected chi connectivity index (χ0v) is 7.95. The van der Waals surface area contributed by atoms with E-state index in [-0.39, 0.29) is 12.1 Å². The van der Waals surface area contributed by atoms with Gasteiger partial charge in [-0.3, -0.25) is 4.40 Å². The number of nitrogens with one attached hydrogen (secondary N) is 1. The topological polar surface area (TPSA) is 55.6 Å². The second-order valence-corrected chi connectivity index (χ2v) is 3.95. The number of hydrogen-bond donors (Lipinski definition) is 1. The highest BCUT2D eigenvalue weighted by Gasteiger charge is 2.27. The molecule has 3 rings (SSSR count). The number of alkyl carbamates (subject to hydrolysis) is 1. The van der Waals surface area contributed by atoms with Crippen molar-refractivity contribution in [1.82, 2.24) is 14.7 Å². The number of nitrogens with zero attached hydrogens (tertiary/aromatic N) is 2. The Balaban J connectivity index is 2.05. The van der Waals surface area contributed by atoms with Crippen LogP contribution in [0.3, 0.4) is 0 Å². The van der Waals surface area contributed by atoms with Crippen LogP contribution in [-0.2, 0) is 4.74 Å². The lowest BCUT2D eigenvalue weighted by Gasteiger charge is -2.03. The maximum absolute atomic E-state index is 10.9. The minimum absolute atomic E-state index is 0.125. The number of aromatic nitrogens is 2. The zero-order chi connectivity index (χ0) is 9.54. The standard InChI is InChI=1S/C8H7N3O2S/c12-8-10-5(4-13-8)7-9-3-6-11(7)1-2-14-6/h1-3,5H,4H2,(H,10,12). The summed E-state index contributed by atoms with van der Waals surface area (Å²) in [5.41, 5.74) is 0. The molecule has 0 saturated carbocycles. The number of hydrogen-bond acceptors (Lipinski definition) is 4. The number of imidazole rings is 1. The van der Waals surface area contributed by atoms with Gasteiger partial charge in [0.25, 0.3) is 0 Å². The van der Waals surface area contributed by atoms with Crippen molar-refractivity contribution < 1.29 is 9.53 Å². The summed E-state index contributed by atoms with van der Waals surface area (Å²) in [5, 5.41) is 4.68. The van der Waals surface area contributed by atoms with Gasteiger partial charge in [-0.25, -0.2) is 9.78 Å². The van der Waals surface area contributed by atoms with Crippen LogP contribution in [-0.4, -0.2) is 22.1 Å². The van der Waals surface area contributed by atoms with Crippen molar-refractivity contribution >= 4 is 22.3 Å². The first-order valence-corrected chi connectivity index (χ1v) is 5.06. The predicted molar refractivity (Wildman–Crippen MR) is 50.3 cm³/mol. The minimum Gasteiger partial charge on any atom is -0.447 e. The Labute approximate surface area is 83.3 Å². The third-order valence-electron chi connectivity index (χ3n) is 2.18. The molecule has 1 fully saturated rings. The summed E-state index contributed by atoms with van der Waals surface area (Å²) in [5.74, 6) is 0.826. The molecule has 0 radical (unpaired) electrons. The van der Waals surface area contributed by atoms with E-state index in [1.165, 1.54) is 0 Å². The second kappa shape index (κ2) is 2.71. The minimum atomic E-state index is -0.373. The van der Waals surface area contributed by atoms with Crippen LogP contribution in [0.4, 0.5) is 4.79 Å². The van der Waals surface area contributed by atoms with E-state index in [2.05, 4.69) is 10.3 Å². The van der Waals surface area contributed by atoms with Gasteiger partial charge >= 0.3 is 6.09 Å². The van der Waals surface area contributed by atoms with Gasteiger partial charge in [-0.1, -0.05) is 0 Å². The Bertz CT molecular complexity index is 489. The van der Waals surface area contributed by atoms with E-state index in [1.807, 2.05) is 16.0 Å². The first-order valence-electron chi connectivity index (χ1n) is 4.18. The highest BCUT2D eigenvalue weighted by molar-refractivity contribution is 7.15. The quantitative estimate of drug-likeness (QED) is 0.767.